The van der Waals surface area contributed by atoms with E-state index in [9.17, 15) is 0 Å². The summed E-state index contributed by atoms with van der Waals surface area (Å²) in [4.78, 5) is 2.63. The largest absolute Gasteiger partial charge is 0.346 e. The van der Waals surface area contributed by atoms with Gasteiger partial charge in [0.25, 0.3) is 0 Å². The van der Waals surface area contributed by atoms with Gasteiger partial charge in [-0.2, -0.15) is 0 Å². The van der Waals surface area contributed by atoms with Crippen molar-refractivity contribution < 1.29 is 9.47 Å². The number of likely N-dealkylation sites (tertiary alicyclic amines) is 1. The molecule has 2 heterocycles. The molecule has 4 nitrogen and oxygen atoms in total. The van der Waals surface area contributed by atoms with E-state index in [-0.39, 0.29) is 5.79 Å². The first-order valence-corrected chi connectivity index (χ1v) is 7.05. The van der Waals surface area contributed by atoms with Crippen molar-refractivity contribution in [3.8, 4) is 0 Å². The van der Waals surface area contributed by atoms with E-state index in [0.717, 1.165) is 19.6 Å². The summed E-state index contributed by atoms with van der Waals surface area (Å²) in [5, 5.41) is 3.47. The zero-order chi connectivity index (χ0) is 11.7. The number of likely N-dealkylation sites (N-methyl/N-ethyl adjacent to an activating group) is 1. The minimum absolute atomic E-state index is 0.330. The lowest BCUT2D eigenvalue weighted by atomic mass is 9.84. The minimum Gasteiger partial charge on any atom is -0.346 e. The van der Waals surface area contributed by atoms with Gasteiger partial charge in [-0.15, -0.1) is 0 Å². The molecule has 0 radical (unpaired) electrons. The van der Waals surface area contributed by atoms with Crippen LogP contribution in [-0.4, -0.2) is 56.1 Å². The van der Waals surface area contributed by atoms with Gasteiger partial charge in [0, 0.05) is 12.5 Å². The first kappa shape index (κ1) is 11.9. The number of hydrogen-bond acceptors (Lipinski definition) is 4. The molecule has 0 bridgehead atoms. The molecule has 2 aliphatic heterocycles. The van der Waals surface area contributed by atoms with E-state index in [1.165, 1.54) is 38.8 Å². The van der Waals surface area contributed by atoms with E-state index in [1.54, 1.807) is 0 Å². The van der Waals surface area contributed by atoms with Crippen molar-refractivity contribution in [2.24, 2.45) is 0 Å². The molecule has 4 heteroatoms. The highest BCUT2D eigenvalue weighted by atomic mass is 16.7. The van der Waals surface area contributed by atoms with E-state index in [0.29, 0.717) is 12.1 Å². The number of ether oxygens (including phenoxy) is 2. The first-order valence-electron chi connectivity index (χ1n) is 7.05. The van der Waals surface area contributed by atoms with E-state index < -0.39 is 0 Å². The number of nitrogens with zero attached hydrogens (tertiary/aromatic N) is 1. The molecule has 1 spiro atoms. The maximum absolute atomic E-state index is 5.96. The summed E-state index contributed by atoms with van der Waals surface area (Å²) in [5.74, 6) is -0.333. The molecule has 17 heavy (non-hydrogen) atoms. The number of nitrogens with one attached hydrogen (secondary N) is 1. The van der Waals surface area contributed by atoms with Gasteiger partial charge in [-0.3, -0.25) is 4.90 Å². The highest BCUT2D eigenvalue weighted by molar-refractivity contribution is 5.01. The van der Waals surface area contributed by atoms with Crippen molar-refractivity contribution in [2.45, 2.75) is 50.0 Å². The lowest BCUT2D eigenvalue weighted by molar-refractivity contribution is -0.207. The van der Waals surface area contributed by atoms with E-state index in [1.807, 2.05) is 7.05 Å². The van der Waals surface area contributed by atoms with Crippen LogP contribution in [0.4, 0.5) is 0 Å². The van der Waals surface area contributed by atoms with Crippen LogP contribution in [0.5, 0.6) is 0 Å². The van der Waals surface area contributed by atoms with Crippen molar-refractivity contribution in [3.63, 3.8) is 0 Å². The molecule has 0 aromatic carbocycles. The highest BCUT2D eigenvalue weighted by Gasteiger charge is 2.51. The third kappa shape index (κ3) is 2.01. The SMILES string of the molecule is CNC1C(N2CCCC2)CCCC12OCCO2. The summed E-state index contributed by atoms with van der Waals surface area (Å²) in [6.07, 6.45) is 6.24. The second-order valence-corrected chi connectivity index (χ2v) is 5.48. The molecule has 1 aliphatic carbocycles. The Morgan fingerprint density at radius 3 is 2.47 bits per heavy atom. The minimum atomic E-state index is -0.333. The van der Waals surface area contributed by atoms with E-state index in [4.69, 9.17) is 9.47 Å². The van der Waals surface area contributed by atoms with Crippen LogP contribution >= 0.6 is 0 Å². The standard InChI is InChI=1S/C13H24N2O2/c1-14-12-11(15-7-2-3-8-15)5-4-6-13(12)16-9-10-17-13/h11-12,14H,2-10H2,1H3. The molecule has 3 aliphatic rings. The zero-order valence-corrected chi connectivity index (χ0v) is 10.8. The second-order valence-electron chi connectivity index (χ2n) is 5.48. The average molecular weight is 240 g/mol. The van der Waals surface area contributed by atoms with Crippen LogP contribution < -0.4 is 5.32 Å². The highest BCUT2D eigenvalue weighted by Crippen LogP contribution is 2.38. The molecule has 0 amide bonds. The van der Waals surface area contributed by atoms with Gasteiger partial charge >= 0.3 is 0 Å². The topological polar surface area (TPSA) is 33.7 Å². The van der Waals surface area contributed by atoms with Crippen LogP contribution in [0.2, 0.25) is 0 Å². The molecule has 2 atom stereocenters. The Hall–Kier alpha value is -0.160. The van der Waals surface area contributed by atoms with Crippen molar-refractivity contribution in [1.82, 2.24) is 10.2 Å². The summed E-state index contributed by atoms with van der Waals surface area (Å²) >= 11 is 0. The maximum Gasteiger partial charge on any atom is 0.185 e. The monoisotopic (exact) mass is 240 g/mol. The lowest BCUT2D eigenvalue weighted by Gasteiger charge is -2.47. The van der Waals surface area contributed by atoms with Crippen molar-refractivity contribution in [2.75, 3.05) is 33.4 Å². The first-order chi connectivity index (χ1) is 8.36. The summed E-state index contributed by atoms with van der Waals surface area (Å²) < 4.78 is 11.9. The molecule has 0 aromatic rings. The third-order valence-electron chi connectivity index (χ3n) is 4.58. The quantitative estimate of drug-likeness (QED) is 0.780. The fraction of sp³-hybridized carbons (Fsp3) is 1.00. The maximum atomic E-state index is 5.96. The molecule has 0 aromatic heterocycles. The van der Waals surface area contributed by atoms with Gasteiger partial charge in [0.15, 0.2) is 5.79 Å². The molecule has 2 saturated heterocycles. The van der Waals surface area contributed by atoms with Crippen LogP contribution in [0, 0.1) is 0 Å². The fourth-order valence-corrected chi connectivity index (χ4v) is 3.85. The van der Waals surface area contributed by atoms with Gasteiger partial charge in [-0.05, 0) is 45.8 Å². The van der Waals surface area contributed by atoms with Gasteiger partial charge in [0.2, 0.25) is 0 Å². The molecular weight excluding hydrogens is 216 g/mol. The molecule has 1 saturated carbocycles. The Morgan fingerprint density at radius 2 is 1.82 bits per heavy atom. The Labute approximate surface area is 104 Å². The van der Waals surface area contributed by atoms with Gasteiger partial charge in [0.05, 0.1) is 19.3 Å². The van der Waals surface area contributed by atoms with Crippen LogP contribution in [0.15, 0.2) is 0 Å². The molecule has 3 rings (SSSR count). The molecule has 3 fully saturated rings. The molecular formula is C13H24N2O2. The van der Waals surface area contributed by atoms with Crippen molar-refractivity contribution in [1.29, 1.82) is 0 Å². The predicted molar refractivity (Wildman–Crippen MR) is 65.9 cm³/mol. The summed E-state index contributed by atoms with van der Waals surface area (Å²) in [7, 11) is 2.05. The zero-order valence-electron chi connectivity index (χ0n) is 10.8. The van der Waals surface area contributed by atoms with Gasteiger partial charge in [-0.1, -0.05) is 0 Å². The van der Waals surface area contributed by atoms with Crippen molar-refractivity contribution in [3.05, 3.63) is 0 Å². The number of rotatable bonds is 2. The fourth-order valence-electron chi connectivity index (χ4n) is 3.85. The summed E-state index contributed by atoms with van der Waals surface area (Å²) in [6, 6.07) is 0.922. The van der Waals surface area contributed by atoms with Crippen molar-refractivity contribution >= 4 is 0 Å². The Morgan fingerprint density at radius 1 is 1.12 bits per heavy atom. The van der Waals surface area contributed by atoms with E-state index >= 15 is 0 Å². The molecule has 2 unspecified atom stereocenters. The van der Waals surface area contributed by atoms with Gasteiger partial charge < -0.3 is 14.8 Å². The Balaban J connectivity index is 1.78. The van der Waals surface area contributed by atoms with Crippen LogP contribution in [0.25, 0.3) is 0 Å². The normalized spacial score (nSPS) is 37.9. The van der Waals surface area contributed by atoms with Gasteiger partial charge in [-0.25, -0.2) is 0 Å². The third-order valence-corrected chi connectivity index (χ3v) is 4.58. The summed E-state index contributed by atoms with van der Waals surface area (Å²) in [6.45, 7) is 4.01. The van der Waals surface area contributed by atoms with E-state index in [2.05, 4.69) is 10.2 Å². The summed E-state index contributed by atoms with van der Waals surface area (Å²) in [5.41, 5.74) is 0. The Kier molecular flexibility index (Phi) is 3.39. The van der Waals surface area contributed by atoms with Gasteiger partial charge in [0.1, 0.15) is 0 Å². The lowest BCUT2D eigenvalue weighted by Crippen LogP contribution is -2.63. The second kappa shape index (κ2) is 4.84. The van der Waals surface area contributed by atoms with Crippen LogP contribution in [0.3, 0.4) is 0 Å². The smallest absolute Gasteiger partial charge is 0.185 e. The molecule has 1 N–H and O–H groups in total. The van der Waals surface area contributed by atoms with Crippen LogP contribution in [0.1, 0.15) is 32.1 Å². The number of hydrogen-bond donors (Lipinski definition) is 1. The predicted octanol–water partition coefficient (Wildman–Crippen LogP) is 0.966. The van der Waals surface area contributed by atoms with Crippen LogP contribution in [-0.2, 0) is 9.47 Å². The Bertz CT molecular complexity index is 260. The molecule has 98 valence electrons. The average Bonchev–Trinajstić information content (AvgIpc) is 3.00.